The standard InChI is InChI=1S/C13H15BrN4S/c1-6-8(3)17-13(18-9(6)4)19-12-11(14)7(2)10(15)5-16-12/h5H,15H2,1-4H3. The summed E-state index contributed by atoms with van der Waals surface area (Å²) >= 11 is 4.96. The molecular weight excluding hydrogens is 324 g/mol. The van der Waals surface area contributed by atoms with Crippen LogP contribution < -0.4 is 5.73 Å². The van der Waals surface area contributed by atoms with Crippen LogP contribution in [-0.4, -0.2) is 15.0 Å². The van der Waals surface area contributed by atoms with Gasteiger partial charge in [-0.15, -0.1) is 0 Å². The molecule has 100 valence electrons. The van der Waals surface area contributed by atoms with E-state index in [0.717, 1.165) is 32.0 Å². The van der Waals surface area contributed by atoms with Gasteiger partial charge >= 0.3 is 0 Å². The van der Waals surface area contributed by atoms with Crippen LogP contribution in [0, 0.1) is 27.7 Å². The Hall–Kier alpha value is -1.14. The molecule has 2 aromatic heterocycles. The number of anilines is 1. The minimum absolute atomic E-state index is 0.674. The average Bonchev–Trinajstić information content (AvgIpc) is 2.36. The summed E-state index contributed by atoms with van der Waals surface area (Å²) in [5.74, 6) is 0. The van der Waals surface area contributed by atoms with E-state index in [1.54, 1.807) is 6.20 Å². The maximum Gasteiger partial charge on any atom is 0.194 e. The zero-order valence-electron chi connectivity index (χ0n) is 11.3. The van der Waals surface area contributed by atoms with Gasteiger partial charge in [-0.3, -0.25) is 0 Å². The lowest BCUT2D eigenvalue weighted by Crippen LogP contribution is -1.99. The highest BCUT2D eigenvalue weighted by Crippen LogP contribution is 2.34. The van der Waals surface area contributed by atoms with Crippen LogP contribution in [0.15, 0.2) is 20.9 Å². The summed E-state index contributed by atoms with van der Waals surface area (Å²) in [6.07, 6.45) is 1.66. The van der Waals surface area contributed by atoms with Gasteiger partial charge in [0, 0.05) is 11.4 Å². The first kappa shape index (κ1) is 14.3. The summed E-state index contributed by atoms with van der Waals surface area (Å²) < 4.78 is 0.900. The Bertz CT molecular complexity index is 620. The second-order valence-corrected chi connectivity index (χ2v) is 6.11. The highest BCUT2D eigenvalue weighted by molar-refractivity contribution is 9.10. The molecule has 0 spiro atoms. The van der Waals surface area contributed by atoms with E-state index >= 15 is 0 Å². The monoisotopic (exact) mass is 338 g/mol. The van der Waals surface area contributed by atoms with Crippen LogP contribution in [0.4, 0.5) is 5.69 Å². The summed E-state index contributed by atoms with van der Waals surface area (Å²) in [6.45, 7) is 7.97. The van der Waals surface area contributed by atoms with Gasteiger partial charge in [0.15, 0.2) is 5.16 Å². The molecule has 0 aliphatic heterocycles. The van der Waals surface area contributed by atoms with E-state index in [1.165, 1.54) is 11.8 Å². The molecule has 0 saturated heterocycles. The van der Waals surface area contributed by atoms with Crippen molar-refractivity contribution in [2.24, 2.45) is 0 Å². The first-order valence-corrected chi connectivity index (χ1v) is 7.41. The predicted octanol–water partition coefficient (Wildman–Crippen LogP) is 3.60. The molecule has 0 unspecified atom stereocenters. The van der Waals surface area contributed by atoms with Gasteiger partial charge in [0.1, 0.15) is 5.03 Å². The summed E-state index contributed by atoms with van der Waals surface area (Å²) in [5, 5.41) is 1.53. The molecule has 2 N–H and O–H groups in total. The predicted molar refractivity (Wildman–Crippen MR) is 81.5 cm³/mol. The van der Waals surface area contributed by atoms with Crippen molar-refractivity contribution in [2.45, 2.75) is 37.9 Å². The van der Waals surface area contributed by atoms with Gasteiger partial charge in [0.25, 0.3) is 0 Å². The number of aromatic nitrogens is 3. The highest BCUT2D eigenvalue weighted by atomic mass is 79.9. The number of pyridine rings is 1. The normalized spacial score (nSPS) is 10.8. The lowest BCUT2D eigenvalue weighted by Gasteiger charge is -2.09. The van der Waals surface area contributed by atoms with Gasteiger partial charge in [-0.25, -0.2) is 15.0 Å². The van der Waals surface area contributed by atoms with Crippen LogP contribution in [0.1, 0.15) is 22.5 Å². The van der Waals surface area contributed by atoms with Gasteiger partial charge in [0.05, 0.1) is 16.4 Å². The lowest BCUT2D eigenvalue weighted by molar-refractivity contribution is 0.877. The quantitative estimate of drug-likeness (QED) is 0.847. The van der Waals surface area contributed by atoms with Crippen LogP contribution in [0.25, 0.3) is 0 Å². The van der Waals surface area contributed by atoms with Crippen LogP contribution in [-0.2, 0) is 0 Å². The number of nitrogens with two attached hydrogens (primary N) is 1. The Morgan fingerprint density at radius 1 is 1.05 bits per heavy atom. The molecule has 2 aromatic rings. The van der Waals surface area contributed by atoms with E-state index in [0.29, 0.717) is 10.8 Å². The maximum atomic E-state index is 5.82. The molecule has 2 heterocycles. The van der Waals surface area contributed by atoms with Crippen molar-refractivity contribution in [1.82, 2.24) is 15.0 Å². The molecule has 0 atom stereocenters. The summed E-state index contributed by atoms with van der Waals surface area (Å²) in [5.41, 5.74) is 10.6. The SMILES string of the molecule is Cc1nc(Sc2ncc(N)c(C)c2Br)nc(C)c1C. The summed E-state index contributed by atoms with van der Waals surface area (Å²) in [4.78, 5) is 13.3. The van der Waals surface area contributed by atoms with Gasteiger partial charge in [-0.2, -0.15) is 0 Å². The highest BCUT2D eigenvalue weighted by Gasteiger charge is 2.12. The number of aryl methyl sites for hydroxylation is 2. The zero-order chi connectivity index (χ0) is 14.2. The fraction of sp³-hybridized carbons (Fsp3) is 0.308. The fourth-order valence-electron chi connectivity index (χ4n) is 1.51. The van der Waals surface area contributed by atoms with Crippen LogP contribution in [0.2, 0.25) is 0 Å². The Morgan fingerprint density at radius 2 is 1.63 bits per heavy atom. The number of hydrogen-bond donors (Lipinski definition) is 1. The minimum atomic E-state index is 0.674. The van der Waals surface area contributed by atoms with Crippen molar-refractivity contribution < 1.29 is 0 Å². The third-order valence-electron chi connectivity index (χ3n) is 3.07. The molecule has 19 heavy (non-hydrogen) atoms. The molecule has 0 aliphatic carbocycles. The van der Waals surface area contributed by atoms with Crippen LogP contribution in [0.3, 0.4) is 0 Å². The third kappa shape index (κ3) is 2.90. The molecule has 6 heteroatoms. The number of hydrogen-bond acceptors (Lipinski definition) is 5. The first-order valence-electron chi connectivity index (χ1n) is 5.80. The van der Waals surface area contributed by atoms with Crippen molar-refractivity contribution in [3.05, 3.63) is 33.2 Å². The molecule has 0 saturated carbocycles. The number of halogens is 1. The molecule has 2 rings (SSSR count). The van der Waals surface area contributed by atoms with Crippen molar-refractivity contribution in [3.63, 3.8) is 0 Å². The molecule has 0 aromatic carbocycles. The molecule has 4 nitrogen and oxygen atoms in total. The van der Waals surface area contributed by atoms with Crippen molar-refractivity contribution >= 4 is 33.4 Å². The van der Waals surface area contributed by atoms with E-state index in [2.05, 4.69) is 30.9 Å². The minimum Gasteiger partial charge on any atom is -0.397 e. The molecule has 0 bridgehead atoms. The number of nitrogens with zero attached hydrogens (tertiary/aromatic N) is 3. The largest absolute Gasteiger partial charge is 0.397 e. The maximum absolute atomic E-state index is 5.82. The smallest absolute Gasteiger partial charge is 0.194 e. The molecule has 0 radical (unpaired) electrons. The zero-order valence-corrected chi connectivity index (χ0v) is 13.7. The topological polar surface area (TPSA) is 64.7 Å². The van der Waals surface area contributed by atoms with Crippen molar-refractivity contribution in [2.75, 3.05) is 5.73 Å². The third-order valence-corrected chi connectivity index (χ3v) is 5.17. The van der Waals surface area contributed by atoms with E-state index < -0.39 is 0 Å². The van der Waals surface area contributed by atoms with E-state index in [9.17, 15) is 0 Å². The first-order chi connectivity index (χ1) is 8.90. The van der Waals surface area contributed by atoms with Crippen LogP contribution in [0.5, 0.6) is 0 Å². The van der Waals surface area contributed by atoms with Gasteiger partial charge in [0.2, 0.25) is 0 Å². The fourth-order valence-corrected chi connectivity index (χ4v) is 2.97. The van der Waals surface area contributed by atoms with Crippen molar-refractivity contribution in [3.8, 4) is 0 Å². The number of nitrogen functional groups attached to an aromatic ring is 1. The van der Waals surface area contributed by atoms with Gasteiger partial charge in [-0.05, 0) is 66.5 Å². The Morgan fingerprint density at radius 3 is 2.21 bits per heavy atom. The van der Waals surface area contributed by atoms with Gasteiger partial charge in [-0.1, -0.05) is 0 Å². The lowest BCUT2D eigenvalue weighted by atomic mass is 10.2. The van der Waals surface area contributed by atoms with E-state index in [1.807, 2.05) is 27.7 Å². The number of rotatable bonds is 2. The molecule has 0 amide bonds. The second kappa shape index (κ2) is 5.46. The van der Waals surface area contributed by atoms with E-state index in [-0.39, 0.29) is 0 Å². The Labute approximate surface area is 125 Å². The summed E-state index contributed by atoms with van der Waals surface area (Å²) in [7, 11) is 0. The van der Waals surface area contributed by atoms with Gasteiger partial charge < -0.3 is 5.73 Å². The van der Waals surface area contributed by atoms with E-state index in [4.69, 9.17) is 5.73 Å². The molecular formula is C13H15BrN4S. The Kier molecular flexibility index (Phi) is 4.10. The summed E-state index contributed by atoms with van der Waals surface area (Å²) in [6, 6.07) is 0. The van der Waals surface area contributed by atoms with Crippen LogP contribution >= 0.6 is 27.7 Å². The molecule has 0 aliphatic rings. The Balaban J connectivity index is 2.39. The molecule has 0 fully saturated rings. The van der Waals surface area contributed by atoms with Crippen molar-refractivity contribution in [1.29, 1.82) is 0 Å². The average molecular weight is 339 g/mol. The second-order valence-electron chi connectivity index (χ2n) is 4.36.